The van der Waals surface area contributed by atoms with Gasteiger partial charge >= 0.3 is 0 Å². The zero-order chi connectivity index (χ0) is 11.9. The van der Waals surface area contributed by atoms with Gasteiger partial charge in [0.2, 0.25) is 0 Å². The Hall–Kier alpha value is -1.71. The van der Waals surface area contributed by atoms with E-state index >= 15 is 0 Å². The number of carbonyl (C=O) groups is 1. The molecule has 1 aliphatic heterocycles. The van der Waals surface area contributed by atoms with Gasteiger partial charge in [0.05, 0.1) is 13.1 Å². The van der Waals surface area contributed by atoms with E-state index in [0.29, 0.717) is 23.5 Å². The molecular weight excluding hydrogens is 208 g/mol. The van der Waals surface area contributed by atoms with Gasteiger partial charge in [-0.25, -0.2) is 0 Å². The molecule has 0 atom stereocenters. The molecule has 0 fully saturated rings. The Morgan fingerprint density at radius 1 is 1.50 bits per heavy atom. The van der Waals surface area contributed by atoms with Crippen LogP contribution < -0.4 is 14.6 Å². The molecule has 0 amide bonds. The minimum atomic E-state index is -1.18. The molecule has 1 aromatic carbocycles. The summed E-state index contributed by atoms with van der Waals surface area (Å²) in [4.78, 5) is 11.0. The van der Waals surface area contributed by atoms with Crippen molar-refractivity contribution in [3.8, 4) is 11.5 Å². The van der Waals surface area contributed by atoms with Crippen LogP contribution in [0.5, 0.6) is 11.5 Å². The molecule has 0 radical (unpaired) electrons. The molecular formula is C12H13O4-. The normalized spacial score (nSPS) is 16.4. The van der Waals surface area contributed by atoms with Crippen LogP contribution in [0, 0.1) is 0 Å². The predicted molar refractivity (Wildman–Crippen MR) is 55.7 cm³/mol. The number of fused-ring (bicyclic) bond motifs is 1. The minimum Gasteiger partial charge on any atom is -0.545 e. The van der Waals surface area contributed by atoms with Gasteiger partial charge in [-0.15, -0.1) is 0 Å². The van der Waals surface area contributed by atoms with Crippen molar-refractivity contribution in [3.63, 3.8) is 0 Å². The fourth-order valence-corrected chi connectivity index (χ4v) is 1.98. The second-order valence-corrected chi connectivity index (χ2v) is 4.45. The summed E-state index contributed by atoms with van der Waals surface area (Å²) in [6, 6.07) is 3.09. The third kappa shape index (κ3) is 1.60. The first-order valence-electron chi connectivity index (χ1n) is 5.05. The molecule has 1 heterocycles. The van der Waals surface area contributed by atoms with E-state index in [9.17, 15) is 9.90 Å². The van der Waals surface area contributed by atoms with Gasteiger partial charge in [-0.05, 0) is 26.0 Å². The predicted octanol–water partition coefficient (Wildman–Crippen LogP) is 0.772. The summed E-state index contributed by atoms with van der Waals surface area (Å²) >= 11 is 0. The zero-order valence-electron chi connectivity index (χ0n) is 9.49. The molecule has 1 aliphatic rings. The van der Waals surface area contributed by atoms with Crippen LogP contribution in [-0.2, 0) is 6.42 Å². The quantitative estimate of drug-likeness (QED) is 0.740. The Kier molecular flexibility index (Phi) is 2.30. The molecule has 4 nitrogen and oxygen atoms in total. The summed E-state index contributed by atoms with van der Waals surface area (Å²) in [5.74, 6) is -0.0972. The number of rotatable bonds is 2. The molecule has 0 saturated carbocycles. The summed E-state index contributed by atoms with van der Waals surface area (Å²) in [6.07, 6.45) is 0.544. The summed E-state index contributed by atoms with van der Waals surface area (Å²) in [7, 11) is 1.53. The number of carbonyl (C=O) groups excluding carboxylic acids is 1. The van der Waals surface area contributed by atoms with Gasteiger partial charge in [-0.2, -0.15) is 0 Å². The van der Waals surface area contributed by atoms with Crippen LogP contribution >= 0.6 is 0 Å². The summed E-state index contributed by atoms with van der Waals surface area (Å²) in [6.45, 7) is 3.82. The van der Waals surface area contributed by atoms with Gasteiger partial charge in [0.1, 0.15) is 5.60 Å². The van der Waals surface area contributed by atoms with Crippen LogP contribution in [0.2, 0.25) is 0 Å². The van der Waals surface area contributed by atoms with Gasteiger partial charge < -0.3 is 19.4 Å². The van der Waals surface area contributed by atoms with Gasteiger partial charge in [-0.1, -0.05) is 0 Å². The maximum absolute atomic E-state index is 11.0. The lowest BCUT2D eigenvalue weighted by Gasteiger charge is -2.17. The molecule has 0 aromatic heterocycles. The van der Waals surface area contributed by atoms with Crippen LogP contribution in [0.4, 0.5) is 0 Å². The van der Waals surface area contributed by atoms with E-state index in [2.05, 4.69) is 0 Å². The molecule has 86 valence electrons. The second-order valence-electron chi connectivity index (χ2n) is 4.45. The summed E-state index contributed by atoms with van der Waals surface area (Å²) in [5.41, 5.74) is 0.437. The number of benzene rings is 1. The smallest absolute Gasteiger partial charge is 0.165 e. The number of carboxylic acid groups (broad SMARTS) is 1. The van der Waals surface area contributed by atoms with E-state index in [4.69, 9.17) is 9.47 Å². The summed E-state index contributed by atoms with van der Waals surface area (Å²) < 4.78 is 10.8. The van der Waals surface area contributed by atoms with Crippen molar-refractivity contribution in [2.45, 2.75) is 25.9 Å². The standard InChI is InChI=1S/C12H14O4/c1-12(2)6-8-7(11(13)14)4-5-9(15-3)10(8)16-12/h4-5H,6H2,1-3H3,(H,13,14)/p-1. The topological polar surface area (TPSA) is 58.6 Å². The van der Waals surface area contributed by atoms with Crippen LogP contribution in [0.15, 0.2) is 12.1 Å². The van der Waals surface area contributed by atoms with E-state index in [1.54, 1.807) is 6.07 Å². The van der Waals surface area contributed by atoms with Crippen molar-refractivity contribution in [2.24, 2.45) is 0 Å². The van der Waals surface area contributed by atoms with Gasteiger partial charge in [0.15, 0.2) is 11.5 Å². The first kappa shape index (κ1) is 10.8. The largest absolute Gasteiger partial charge is 0.545 e. The fraction of sp³-hybridized carbons (Fsp3) is 0.417. The average molecular weight is 221 g/mol. The number of hydrogen-bond acceptors (Lipinski definition) is 4. The highest BCUT2D eigenvalue weighted by Crippen LogP contribution is 2.43. The van der Waals surface area contributed by atoms with Gasteiger partial charge in [-0.3, -0.25) is 0 Å². The Bertz CT molecular complexity index is 449. The summed E-state index contributed by atoms with van der Waals surface area (Å²) in [5, 5.41) is 11.0. The van der Waals surface area contributed by atoms with E-state index in [1.165, 1.54) is 13.2 Å². The van der Waals surface area contributed by atoms with Crippen LogP contribution in [0.1, 0.15) is 29.8 Å². The SMILES string of the molecule is COc1ccc(C(=O)[O-])c2c1OC(C)(C)C2. The minimum absolute atomic E-state index is 0.182. The van der Waals surface area contributed by atoms with Crippen molar-refractivity contribution in [1.29, 1.82) is 0 Å². The number of hydrogen-bond donors (Lipinski definition) is 0. The van der Waals surface area contributed by atoms with Crippen LogP contribution in [0.3, 0.4) is 0 Å². The van der Waals surface area contributed by atoms with Crippen molar-refractivity contribution >= 4 is 5.97 Å². The molecule has 0 spiro atoms. The maximum Gasteiger partial charge on any atom is 0.165 e. The lowest BCUT2D eigenvalue weighted by molar-refractivity contribution is -0.255. The van der Waals surface area contributed by atoms with Crippen molar-refractivity contribution in [1.82, 2.24) is 0 Å². The lowest BCUT2D eigenvalue weighted by Crippen LogP contribution is -2.26. The first-order valence-corrected chi connectivity index (χ1v) is 5.05. The Labute approximate surface area is 93.8 Å². The second kappa shape index (κ2) is 3.40. The van der Waals surface area contributed by atoms with E-state index in [1.807, 2.05) is 13.8 Å². The molecule has 0 saturated heterocycles. The average Bonchev–Trinajstić information content (AvgIpc) is 2.50. The lowest BCUT2D eigenvalue weighted by atomic mass is 9.97. The zero-order valence-corrected chi connectivity index (χ0v) is 9.49. The van der Waals surface area contributed by atoms with Crippen molar-refractivity contribution in [2.75, 3.05) is 7.11 Å². The molecule has 0 unspecified atom stereocenters. The highest BCUT2D eigenvalue weighted by atomic mass is 16.5. The number of ether oxygens (including phenoxy) is 2. The maximum atomic E-state index is 11.0. The first-order chi connectivity index (χ1) is 7.44. The molecule has 0 aliphatic carbocycles. The molecule has 4 heteroatoms. The van der Waals surface area contributed by atoms with E-state index in [0.717, 1.165) is 0 Å². The third-order valence-electron chi connectivity index (χ3n) is 2.65. The van der Waals surface area contributed by atoms with E-state index < -0.39 is 11.6 Å². The Morgan fingerprint density at radius 3 is 2.75 bits per heavy atom. The van der Waals surface area contributed by atoms with Crippen LogP contribution in [0.25, 0.3) is 0 Å². The van der Waals surface area contributed by atoms with Crippen molar-refractivity contribution < 1.29 is 19.4 Å². The van der Waals surface area contributed by atoms with Crippen molar-refractivity contribution in [3.05, 3.63) is 23.3 Å². The molecule has 0 bridgehead atoms. The highest BCUT2D eigenvalue weighted by Gasteiger charge is 2.34. The Balaban J connectivity index is 2.59. The molecule has 1 aromatic rings. The number of methoxy groups -OCH3 is 1. The Morgan fingerprint density at radius 2 is 2.19 bits per heavy atom. The van der Waals surface area contributed by atoms with Gasteiger partial charge in [0, 0.05) is 17.5 Å². The highest BCUT2D eigenvalue weighted by molar-refractivity contribution is 5.89. The molecule has 0 N–H and O–H groups in total. The monoisotopic (exact) mass is 221 g/mol. The fourth-order valence-electron chi connectivity index (χ4n) is 1.98. The van der Waals surface area contributed by atoms with Crippen LogP contribution in [-0.4, -0.2) is 18.7 Å². The van der Waals surface area contributed by atoms with Gasteiger partial charge in [0.25, 0.3) is 0 Å². The van der Waals surface area contributed by atoms with E-state index in [-0.39, 0.29) is 5.56 Å². The number of aromatic carboxylic acids is 1. The third-order valence-corrected chi connectivity index (χ3v) is 2.65. The number of carboxylic acids is 1. The molecule has 2 rings (SSSR count). The molecule has 16 heavy (non-hydrogen) atoms.